The summed E-state index contributed by atoms with van der Waals surface area (Å²) in [6.07, 6.45) is 3.36. The first kappa shape index (κ1) is 5.46. The number of hydrogen-bond acceptors (Lipinski definition) is 1. The van der Waals surface area contributed by atoms with Gasteiger partial charge in [0, 0.05) is 6.08 Å². The summed E-state index contributed by atoms with van der Waals surface area (Å²) in [7, 11) is 0. The number of hydrogen-bond donors (Lipinski definition) is 1. The predicted octanol–water partition coefficient (Wildman–Crippen LogP) is -1.38. The normalized spacial score (nSPS) is 22.2. The first-order chi connectivity index (χ1) is 4.88. The van der Waals surface area contributed by atoms with E-state index in [4.69, 9.17) is 0 Å². The summed E-state index contributed by atoms with van der Waals surface area (Å²) >= 11 is 0. The van der Waals surface area contributed by atoms with Crippen molar-refractivity contribution in [3.8, 4) is 0 Å². The molecule has 0 saturated carbocycles. The Kier molecular flexibility index (Phi) is 1.00. The van der Waals surface area contributed by atoms with Crippen LogP contribution in [0.1, 0.15) is 0 Å². The fourth-order valence-corrected chi connectivity index (χ4v) is 1.07. The molecule has 51 valence electrons. The molecule has 0 aromatic rings. The molecule has 2 rings (SSSR count). The zero-order valence-electron chi connectivity index (χ0n) is 5.37. The van der Waals surface area contributed by atoms with E-state index in [9.17, 15) is 4.79 Å². The van der Waals surface area contributed by atoms with Crippen LogP contribution in [0.15, 0.2) is 12.3 Å². The van der Waals surface area contributed by atoms with Gasteiger partial charge in [-0.15, -0.1) is 0 Å². The monoisotopic (exact) mass is 137 g/mol. The first-order valence-corrected chi connectivity index (χ1v) is 3.18. The molecule has 0 saturated heterocycles. The number of rotatable bonds is 0. The molecule has 4 heteroatoms. The Labute approximate surface area is 58.2 Å². The summed E-state index contributed by atoms with van der Waals surface area (Å²) in [4.78, 5) is 11.0. The Morgan fingerprint density at radius 3 is 3.40 bits per heavy atom. The zero-order chi connectivity index (χ0) is 6.97. The van der Waals surface area contributed by atoms with E-state index in [1.54, 1.807) is 17.0 Å². The van der Waals surface area contributed by atoms with Crippen molar-refractivity contribution in [3.05, 3.63) is 12.3 Å². The van der Waals surface area contributed by atoms with Crippen LogP contribution in [0.2, 0.25) is 0 Å². The topological polar surface area (TPSA) is 46.2 Å². The van der Waals surface area contributed by atoms with E-state index in [1.165, 1.54) is 0 Å². The van der Waals surface area contributed by atoms with Gasteiger partial charge in [-0.1, -0.05) is 4.68 Å². The zero-order valence-corrected chi connectivity index (χ0v) is 5.37. The average molecular weight is 137 g/mol. The van der Waals surface area contributed by atoms with E-state index in [0.717, 1.165) is 6.54 Å². The summed E-state index contributed by atoms with van der Waals surface area (Å²) in [6.45, 7) is 1.47. The van der Waals surface area contributed by atoms with Crippen LogP contribution in [0.5, 0.6) is 0 Å². The fraction of sp³-hybridized carbons (Fsp3) is 0.333. The molecular weight excluding hydrogens is 130 g/mol. The molecule has 0 atom stereocenters. The lowest BCUT2D eigenvalue weighted by atomic mass is 10.3. The number of carbonyl (C=O) groups excluding carboxylic acids is 1. The maximum Gasteiger partial charge on any atom is 0.318 e. The maximum absolute atomic E-state index is 11.0. The van der Waals surface area contributed by atoms with Crippen molar-refractivity contribution in [3.63, 3.8) is 0 Å². The van der Waals surface area contributed by atoms with Gasteiger partial charge in [-0.25, -0.2) is 0 Å². The first-order valence-electron chi connectivity index (χ1n) is 3.18. The Morgan fingerprint density at radius 2 is 2.60 bits per heavy atom. The van der Waals surface area contributed by atoms with Crippen molar-refractivity contribution < 1.29 is 9.48 Å². The van der Waals surface area contributed by atoms with Gasteiger partial charge in [0.15, 0.2) is 6.54 Å². The Morgan fingerprint density at radius 1 is 1.70 bits per heavy atom. The van der Waals surface area contributed by atoms with Crippen molar-refractivity contribution in [2.45, 2.75) is 0 Å². The minimum absolute atomic E-state index is 0.0243. The molecule has 2 aliphatic rings. The largest absolute Gasteiger partial charge is 0.340 e. The molecule has 4 nitrogen and oxygen atoms in total. The highest BCUT2D eigenvalue weighted by molar-refractivity contribution is 6.41. The van der Waals surface area contributed by atoms with E-state index < -0.39 is 0 Å². The second-order valence-electron chi connectivity index (χ2n) is 2.20. The molecule has 1 N–H and O–H groups in total. The van der Waals surface area contributed by atoms with Crippen molar-refractivity contribution in [1.29, 1.82) is 0 Å². The van der Waals surface area contributed by atoms with Gasteiger partial charge in [-0.05, 0) is 5.43 Å². The van der Waals surface area contributed by atoms with Gasteiger partial charge < -0.3 is 5.32 Å². The van der Waals surface area contributed by atoms with E-state index >= 15 is 0 Å². The third kappa shape index (κ3) is 0.618. The van der Waals surface area contributed by atoms with Gasteiger partial charge in [0.25, 0.3) is 5.71 Å². The number of nitrogens with zero attached hydrogens (tertiary/aromatic N) is 2. The summed E-state index contributed by atoms with van der Waals surface area (Å²) in [6, 6.07) is 0. The molecule has 2 heterocycles. The van der Waals surface area contributed by atoms with Crippen LogP contribution in [0.4, 0.5) is 0 Å². The smallest absolute Gasteiger partial charge is 0.318 e. The van der Waals surface area contributed by atoms with Gasteiger partial charge in [0.2, 0.25) is 0 Å². The van der Waals surface area contributed by atoms with E-state index in [-0.39, 0.29) is 5.91 Å². The van der Waals surface area contributed by atoms with E-state index in [2.05, 4.69) is 10.7 Å². The quantitative estimate of drug-likeness (QED) is 0.411. The van der Waals surface area contributed by atoms with Gasteiger partial charge >= 0.3 is 5.91 Å². The molecule has 0 unspecified atom stereocenters. The van der Waals surface area contributed by atoms with Crippen molar-refractivity contribution in [2.75, 3.05) is 13.1 Å². The third-order valence-electron chi connectivity index (χ3n) is 1.56. The molecule has 1 amide bonds. The molecule has 2 aliphatic heterocycles. The summed E-state index contributed by atoms with van der Waals surface area (Å²) in [5.41, 5.74) is 4.62. The van der Waals surface area contributed by atoms with Crippen LogP contribution in [-0.2, 0) is 4.79 Å². The average Bonchev–Trinajstić information content (AvgIpc) is 2.36. The molecule has 0 aliphatic carbocycles. The molecule has 10 heavy (non-hydrogen) atoms. The van der Waals surface area contributed by atoms with Crippen LogP contribution < -0.4 is 10.7 Å². The molecule has 0 spiro atoms. The predicted molar refractivity (Wildman–Crippen MR) is 34.4 cm³/mol. The SMILES string of the molecule is O=C1NCC[N+]2=C1C=C[N]2. The van der Waals surface area contributed by atoms with Crippen molar-refractivity contribution >= 4 is 11.6 Å². The van der Waals surface area contributed by atoms with Gasteiger partial charge in [0.05, 0.1) is 6.54 Å². The Hall–Kier alpha value is -1.32. The van der Waals surface area contributed by atoms with Gasteiger partial charge in [-0.2, -0.15) is 0 Å². The fourth-order valence-electron chi connectivity index (χ4n) is 1.07. The highest BCUT2D eigenvalue weighted by Gasteiger charge is 2.30. The Bertz CT molecular complexity index is 241. The minimum Gasteiger partial charge on any atom is -0.340 e. The van der Waals surface area contributed by atoms with Crippen LogP contribution in [0.3, 0.4) is 0 Å². The lowest BCUT2D eigenvalue weighted by molar-refractivity contribution is -0.576. The van der Waals surface area contributed by atoms with Gasteiger partial charge in [0.1, 0.15) is 6.20 Å². The number of nitrogens with one attached hydrogen (secondary N) is 1. The molecular formula is C6H7N3O+. The second-order valence-corrected chi connectivity index (χ2v) is 2.20. The molecule has 0 aromatic carbocycles. The second kappa shape index (κ2) is 1.83. The highest BCUT2D eigenvalue weighted by atomic mass is 16.2. The summed E-state index contributed by atoms with van der Waals surface area (Å²) in [5.74, 6) is -0.0243. The van der Waals surface area contributed by atoms with E-state index in [0.29, 0.717) is 12.3 Å². The molecule has 0 fully saturated rings. The third-order valence-corrected chi connectivity index (χ3v) is 1.56. The van der Waals surface area contributed by atoms with Crippen LogP contribution in [0, 0.1) is 0 Å². The van der Waals surface area contributed by atoms with Crippen LogP contribution >= 0.6 is 0 Å². The molecule has 0 bridgehead atoms. The lowest BCUT2D eigenvalue weighted by Crippen LogP contribution is -2.44. The highest BCUT2D eigenvalue weighted by Crippen LogP contribution is 1.95. The van der Waals surface area contributed by atoms with Crippen LogP contribution in [0.25, 0.3) is 0 Å². The number of amides is 1. The number of carbonyl (C=O) groups is 1. The van der Waals surface area contributed by atoms with E-state index in [1.807, 2.05) is 0 Å². The molecule has 0 aromatic heterocycles. The summed E-state index contributed by atoms with van der Waals surface area (Å²) in [5, 5.41) is 2.72. The molecule has 1 radical (unpaired) electrons. The standard InChI is InChI=1S/C6H7N3O/c10-6-5-1-2-8-9(5)4-3-7-6/h1-2H,3-4H2,(H,7,10)/q+1. The summed E-state index contributed by atoms with van der Waals surface area (Å²) < 4.78 is 1.71. The van der Waals surface area contributed by atoms with Gasteiger partial charge in [-0.3, -0.25) is 4.79 Å². The lowest BCUT2D eigenvalue weighted by Gasteiger charge is -2.05. The van der Waals surface area contributed by atoms with Crippen LogP contribution in [-0.4, -0.2) is 29.4 Å². The van der Waals surface area contributed by atoms with Crippen molar-refractivity contribution in [2.24, 2.45) is 0 Å². The van der Waals surface area contributed by atoms with Crippen molar-refractivity contribution in [1.82, 2.24) is 10.7 Å². The minimum atomic E-state index is -0.0243. The Balaban J connectivity index is 2.37. The maximum atomic E-state index is 11.0.